The van der Waals surface area contributed by atoms with E-state index in [0.717, 1.165) is 29.8 Å². The van der Waals surface area contributed by atoms with Crippen LogP contribution in [0, 0.1) is 6.92 Å². The largest absolute Gasteiger partial charge is 0.496 e. The fraction of sp³-hybridized carbons (Fsp3) is 0.409. The van der Waals surface area contributed by atoms with Gasteiger partial charge >= 0.3 is 0 Å². The molecule has 1 N–H and O–H groups in total. The highest BCUT2D eigenvalue weighted by Crippen LogP contribution is 2.30. The van der Waals surface area contributed by atoms with Gasteiger partial charge in [0, 0.05) is 6.42 Å². The molecule has 26 heavy (non-hydrogen) atoms. The van der Waals surface area contributed by atoms with Crippen molar-refractivity contribution in [1.82, 2.24) is 0 Å². The van der Waals surface area contributed by atoms with Gasteiger partial charge in [0.05, 0.1) is 18.4 Å². The average molecular weight is 355 g/mol. The molecule has 0 saturated heterocycles. The monoisotopic (exact) mass is 355 g/mol. The fourth-order valence-corrected chi connectivity index (χ4v) is 2.98. The molecule has 0 heterocycles. The molecule has 2 aromatic rings. The van der Waals surface area contributed by atoms with Crippen LogP contribution in [0.15, 0.2) is 30.3 Å². The minimum absolute atomic E-state index is 0.0307. The quantitative estimate of drug-likeness (QED) is 0.720. The van der Waals surface area contributed by atoms with E-state index < -0.39 is 0 Å². The summed E-state index contributed by atoms with van der Waals surface area (Å²) in [7, 11) is 1.63. The molecular weight excluding hydrogens is 326 g/mol. The van der Waals surface area contributed by atoms with Crippen molar-refractivity contribution in [2.75, 3.05) is 12.4 Å². The molecule has 1 amide bonds. The van der Waals surface area contributed by atoms with Gasteiger partial charge in [0.1, 0.15) is 18.1 Å². The van der Waals surface area contributed by atoms with Gasteiger partial charge in [-0.1, -0.05) is 32.9 Å². The molecule has 2 aromatic carbocycles. The third-order valence-electron chi connectivity index (χ3n) is 4.60. The molecule has 0 aromatic heterocycles. The Bertz CT molecular complexity index is 768. The highest BCUT2D eigenvalue weighted by molar-refractivity contribution is 5.91. The Hall–Kier alpha value is -2.49. The number of anilines is 1. The standard InChI is InChI=1S/C22H29NO3/c1-6-16-13-17(7-2)21(12-15(16)4)26-14-18-19(23-22(24)8-3)10-9-11-20(18)25-5/h9-13H,6-8,14H2,1-5H3,(H,23,24). The predicted octanol–water partition coefficient (Wildman–Crippen LogP) is 5.06. The molecule has 4 nitrogen and oxygen atoms in total. The molecule has 0 bridgehead atoms. The van der Waals surface area contributed by atoms with E-state index in [9.17, 15) is 4.79 Å². The first kappa shape index (κ1) is 19.8. The Kier molecular flexibility index (Phi) is 7.07. The Morgan fingerprint density at radius 2 is 1.77 bits per heavy atom. The lowest BCUT2D eigenvalue weighted by atomic mass is 10.0. The van der Waals surface area contributed by atoms with Gasteiger partial charge in [-0.3, -0.25) is 4.79 Å². The Morgan fingerprint density at radius 3 is 2.38 bits per heavy atom. The number of hydrogen-bond acceptors (Lipinski definition) is 3. The lowest BCUT2D eigenvalue weighted by Gasteiger charge is -2.18. The van der Waals surface area contributed by atoms with Crippen LogP contribution in [-0.4, -0.2) is 13.0 Å². The van der Waals surface area contributed by atoms with Crippen LogP contribution >= 0.6 is 0 Å². The average Bonchev–Trinajstić information content (AvgIpc) is 2.66. The molecule has 0 spiro atoms. The Morgan fingerprint density at radius 1 is 1.04 bits per heavy atom. The SMILES string of the molecule is CCC(=O)Nc1cccc(OC)c1COc1cc(C)c(CC)cc1CC. The summed E-state index contributed by atoms with van der Waals surface area (Å²) >= 11 is 0. The van der Waals surface area contributed by atoms with E-state index in [0.29, 0.717) is 18.8 Å². The zero-order valence-corrected chi connectivity index (χ0v) is 16.4. The number of ether oxygens (including phenoxy) is 2. The van der Waals surface area contributed by atoms with E-state index >= 15 is 0 Å². The summed E-state index contributed by atoms with van der Waals surface area (Å²) in [6.45, 7) is 8.58. The minimum Gasteiger partial charge on any atom is -0.496 e. The number of benzene rings is 2. The maximum absolute atomic E-state index is 11.8. The molecule has 0 saturated carbocycles. The van der Waals surface area contributed by atoms with Gasteiger partial charge in [-0.05, 0) is 54.7 Å². The normalized spacial score (nSPS) is 10.5. The van der Waals surface area contributed by atoms with Crippen LogP contribution in [0.3, 0.4) is 0 Å². The first-order valence-electron chi connectivity index (χ1n) is 9.24. The molecule has 0 aliphatic rings. The molecule has 0 radical (unpaired) electrons. The molecule has 140 valence electrons. The topological polar surface area (TPSA) is 47.6 Å². The van der Waals surface area contributed by atoms with Gasteiger partial charge in [-0.15, -0.1) is 0 Å². The van der Waals surface area contributed by atoms with Gasteiger partial charge in [0.25, 0.3) is 0 Å². The maximum atomic E-state index is 11.8. The number of carbonyl (C=O) groups excluding carboxylic acids is 1. The third-order valence-corrected chi connectivity index (χ3v) is 4.60. The van der Waals surface area contributed by atoms with E-state index in [-0.39, 0.29) is 5.91 Å². The molecule has 0 atom stereocenters. The fourth-order valence-electron chi connectivity index (χ4n) is 2.98. The van der Waals surface area contributed by atoms with Gasteiger partial charge < -0.3 is 14.8 Å². The zero-order chi connectivity index (χ0) is 19.1. The third kappa shape index (κ3) is 4.57. The van der Waals surface area contributed by atoms with Gasteiger partial charge in [0.2, 0.25) is 5.91 Å². The van der Waals surface area contributed by atoms with E-state index in [2.05, 4.69) is 38.2 Å². The predicted molar refractivity (Wildman–Crippen MR) is 106 cm³/mol. The number of hydrogen-bond donors (Lipinski definition) is 1. The molecule has 0 aliphatic carbocycles. The number of aryl methyl sites for hydroxylation is 3. The van der Waals surface area contributed by atoms with Crippen LogP contribution in [0.1, 0.15) is 49.4 Å². The zero-order valence-electron chi connectivity index (χ0n) is 16.4. The van der Waals surface area contributed by atoms with Crippen LogP contribution in [0.5, 0.6) is 11.5 Å². The molecule has 0 aliphatic heterocycles. The highest BCUT2D eigenvalue weighted by Gasteiger charge is 2.14. The number of amides is 1. The second-order valence-electron chi connectivity index (χ2n) is 6.27. The van der Waals surface area contributed by atoms with Crippen molar-refractivity contribution >= 4 is 11.6 Å². The molecule has 0 fully saturated rings. The van der Waals surface area contributed by atoms with Crippen LogP contribution in [0.4, 0.5) is 5.69 Å². The van der Waals surface area contributed by atoms with Crippen molar-refractivity contribution in [3.63, 3.8) is 0 Å². The summed E-state index contributed by atoms with van der Waals surface area (Å²) in [4.78, 5) is 11.8. The van der Waals surface area contributed by atoms with Crippen molar-refractivity contribution in [3.05, 3.63) is 52.6 Å². The highest BCUT2D eigenvalue weighted by atomic mass is 16.5. The van der Waals surface area contributed by atoms with Crippen molar-refractivity contribution in [2.45, 2.75) is 53.6 Å². The van der Waals surface area contributed by atoms with Crippen LogP contribution < -0.4 is 14.8 Å². The molecular formula is C22H29NO3. The number of rotatable bonds is 8. The minimum atomic E-state index is -0.0307. The number of nitrogens with one attached hydrogen (secondary N) is 1. The van der Waals surface area contributed by atoms with Crippen molar-refractivity contribution in [1.29, 1.82) is 0 Å². The first-order valence-corrected chi connectivity index (χ1v) is 9.24. The maximum Gasteiger partial charge on any atom is 0.224 e. The summed E-state index contributed by atoms with van der Waals surface area (Å²) in [5, 5.41) is 2.93. The Balaban J connectivity index is 2.31. The first-order chi connectivity index (χ1) is 12.5. The molecule has 0 unspecified atom stereocenters. The second kappa shape index (κ2) is 9.27. The summed E-state index contributed by atoms with van der Waals surface area (Å²) in [6.07, 6.45) is 2.35. The summed E-state index contributed by atoms with van der Waals surface area (Å²) in [6, 6.07) is 9.96. The van der Waals surface area contributed by atoms with Crippen molar-refractivity contribution in [2.24, 2.45) is 0 Å². The van der Waals surface area contributed by atoms with Gasteiger partial charge in [-0.2, -0.15) is 0 Å². The van der Waals surface area contributed by atoms with Crippen LogP contribution in [0.2, 0.25) is 0 Å². The van der Waals surface area contributed by atoms with Crippen molar-refractivity contribution in [3.8, 4) is 11.5 Å². The Labute approximate surface area is 156 Å². The van der Waals surface area contributed by atoms with Crippen LogP contribution in [-0.2, 0) is 24.2 Å². The van der Waals surface area contributed by atoms with Crippen molar-refractivity contribution < 1.29 is 14.3 Å². The summed E-state index contributed by atoms with van der Waals surface area (Å²) in [5.74, 6) is 1.57. The van der Waals surface area contributed by atoms with E-state index in [1.807, 2.05) is 25.1 Å². The number of carbonyl (C=O) groups is 1. The lowest BCUT2D eigenvalue weighted by molar-refractivity contribution is -0.115. The molecule has 2 rings (SSSR count). The van der Waals surface area contributed by atoms with E-state index in [1.165, 1.54) is 16.7 Å². The van der Waals surface area contributed by atoms with E-state index in [4.69, 9.17) is 9.47 Å². The van der Waals surface area contributed by atoms with Gasteiger partial charge in [0.15, 0.2) is 0 Å². The lowest BCUT2D eigenvalue weighted by Crippen LogP contribution is -2.13. The summed E-state index contributed by atoms with van der Waals surface area (Å²) < 4.78 is 11.6. The second-order valence-corrected chi connectivity index (χ2v) is 6.27. The summed E-state index contributed by atoms with van der Waals surface area (Å²) in [5.41, 5.74) is 5.36. The number of methoxy groups -OCH3 is 1. The smallest absolute Gasteiger partial charge is 0.224 e. The molecule has 4 heteroatoms. The van der Waals surface area contributed by atoms with Crippen LogP contribution in [0.25, 0.3) is 0 Å². The van der Waals surface area contributed by atoms with Gasteiger partial charge in [-0.25, -0.2) is 0 Å². The van der Waals surface area contributed by atoms with E-state index in [1.54, 1.807) is 7.11 Å².